The predicted octanol–water partition coefficient (Wildman–Crippen LogP) is 2.51. The lowest BCUT2D eigenvalue weighted by atomic mass is 10.0. The molecule has 22 heavy (non-hydrogen) atoms. The van der Waals surface area contributed by atoms with Crippen molar-refractivity contribution in [2.24, 2.45) is 0 Å². The highest BCUT2D eigenvalue weighted by atomic mass is 35.5. The molecule has 0 fully saturated rings. The van der Waals surface area contributed by atoms with Crippen molar-refractivity contribution >= 4 is 23.5 Å². The van der Waals surface area contributed by atoms with E-state index in [1.807, 2.05) is 24.3 Å². The van der Waals surface area contributed by atoms with Crippen molar-refractivity contribution in [3.63, 3.8) is 0 Å². The summed E-state index contributed by atoms with van der Waals surface area (Å²) in [5, 5.41) is 0.710. The smallest absolute Gasteiger partial charge is 0.257 e. The standard InChI is InChI=1S/C16H19ClN4O/c1-10-14(15(22)21(2)3)13(20-16(18)19-10)9-8-11-6-4-5-7-12(11)17/h4-7H,8-9H2,1-3H3,(H2,18,19,20). The first-order chi connectivity index (χ1) is 10.4. The number of hydrogen-bond acceptors (Lipinski definition) is 4. The van der Waals surface area contributed by atoms with Gasteiger partial charge in [0.15, 0.2) is 0 Å². The highest BCUT2D eigenvalue weighted by Crippen LogP contribution is 2.20. The molecule has 6 heteroatoms. The van der Waals surface area contributed by atoms with Crippen LogP contribution >= 0.6 is 11.6 Å². The van der Waals surface area contributed by atoms with Crippen molar-refractivity contribution in [2.45, 2.75) is 19.8 Å². The van der Waals surface area contributed by atoms with E-state index in [1.165, 1.54) is 4.90 Å². The van der Waals surface area contributed by atoms with Crippen LogP contribution in [0.4, 0.5) is 5.95 Å². The summed E-state index contributed by atoms with van der Waals surface area (Å²) >= 11 is 6.17. The van der Waals surface area contributed by atoms with Gasteiger partial charge in [-0.25, -0.2) is 9.97 Å². The van der Waals surface area contributed by atoms with Crippen LogP contribution in [0.25, 0.3) is 0 Å². The van der Waals surface area contributed by atoms with Gasteiger partial charge in [0, 0.05) is 19.1 Å². The van der Waals surface area contributed by atoms with Crippen molar-refractivity contribution in [3.05, 3.63) is 51.8 Å². The van der Waals surface area contributed by atoms with E-state index in [2.05, 4.69) is 9.97 Å². The Kier molecular flexibility index (Phi) is 4.98. The van der Waals surface area contributed by atoms with Crippen molar-refractivity contribution in [2.75, 3.05) is 19.8 Å². The van der Waals surface area contributed by atoms with E-state index in [0.29, 0.717) is 34.8 Å². The van der Waals surface area contributed by atoms with Gasteiger partial charge in [0.2, 0.25) is 5.95 Å². The molecule has 116 valence electrons. The molecule has 1 aromatic carbocycles. The molecule has 0 aliphatic carbocycles. The molecule has 0 aliphatic heterocycles. The minimum Gasteiger partial charge on any atom is -0.368 e. The minimum atomic E-state index is -0.119. The number of aromatic nitrogens is 2. The number of rotatable bonds is 4. The van der Waals surface area contributed by atoms with E-state index < -0.39 is 0 Å². The Morgan fingerprint density at radius 3 is 2.55 bits per heavy atom. The molecule has 0 atom stereocenters. The van der Waals surface area contributed by atoms with Crippen LogP contribution in [0.5, 0.6) is 0 Å². The van der Waals surface area contributed by atoms with Gasteiger partial charge in [0.1, 0.15) is 0 Å². The molecule has 0 bridgehead atoms. The van der Waals surface area contributed by atoms with E-state index in [0.717, 1.165) is 5.56 Å². The lowest BCUT2D eigenvalue weighted by Crippen LogP contribution is -2.25. The van der Waals surface area contributed by atoms with Crippen LogP contribution < -0.4 is 5.73 Å². The quantitative estimate of drug-likeness (QED) is 0.940. The number of halogens is 1. The predicted molar refractivity (Wildman–Crippen MR) is 88.1 cm³/mol. The molecular weight excluding hydrogens is 300 g/mol. The molecule has 1 amide bonds. The fourth-order valence-corrected chi connectivity index (χ4v) is 2.52. The molecular formula is C16H19ClN4O. The number of carbonyl (C=O) groups is 1. The summed E-state index contributed by atoms with van der Waals surface area (Å²) in [6.45, 7) is 1.77. The number of nitrogens with two attached hydrogens (primary N) is 1. The van der Waals surface area contributed by atoms with Gasteiger partial charge in [-0.15, -0.1) is 0 Å². The average Bonchev–Trinajstić information content (AvgIpc) is 2.45. The first kappa shape index (κ1) is 16.2. The van der Waals surface area contributed by atoms with Gasteiger partial charge < -0.3 is 10.6 Å². The second kappa shape index (κ2) is 6.75. The molecule has 2 aromatic rings. The van der Waals surface area contributed by atoms with E-state index in [9.17, 15) is 4.79 Å². The second-order valence-corrected chi connectivity index (χ2v) is 5.69. The topological polar surface area (TPSA) is 72.1 Å². The first-order valence-electron chi connectivity index (χ1n) is 6.98. The Labute approximate surface area is 135 Å². The zero-order chi connectivity index (χ0) is 16.3. The SMILES string of the molecule is Cc1nc(N)nc(CCc2ccccc2Cl)c1C(=O)N(C)C. The van der Waals surface area contributed by atoms with Gasteiger partial charge in [0.05, 0.1) is 17.0 Å². The Morgan fingerprint density at radius 1 is 1.23 bits per heavy atom. The van der Waals surface area contributed by atoms with Crippen LogP contribution in [-0.2, 0) is 12.8 Å². The van der Waals surface area contributed by atoms with E-state index in [1.54, 1.807) is 21.0 Å². The minimum absolute atomic E-state index is 0.119. The van der Waals surface area contributed by atoms with Crippen LogP contribution in [-0.4, -0.2) is 34.9 Å². The third-order valence-electron chi connectivity index (χ3n) is 3.39. The lowest BCUT2D eigenvalue weighted by Gasteiger charge is -2.16. The van der Waals surface area contributed by atoms with Crippen molar-refractivity contribution < 1.29 is 4.79 Å². The third-order valence-corrected chi connectivity index (χ3v) is 3.76. The molecule has 0 aliphatic rings. The maximum absolute atomic E-state index is 12.4. The molecule has 0 saturated carbocycles. The fraction of sp³-hybridized carbons (Fsp3) is 0.312. The maximum Gasteiger partial charge on any atom is 0.257 e. The Balaban J connectivity index is 2.34. The zero-order valence-electron chi connectivity index (χ0n) is 12.9. The average molecular weight is 319 g/mol. The van der Waals surface area contributed by atoms with Crippen molar-refractivity contribution in [1.29, 1.82) is 0 Å². The van der Waals surface area contributed by atoms with E-state index in [-0.39, 0.29) is 11.9 Å². The summed E-state index contributed by atoms with van der Waals surface area (Å²) in [5.74, 6) is 0.0635. The molecule has 0 radical (unpaired) electrons. The molecule has 2 rings (SSSR count). The number of anilines is 1. The summed E-state index contributed by atoms with van der Waals surface area (Å²) in [6.07, 6.45) is 1.26. The fourth-order valence-electron chi connectivity index (χ4n) is 2.29. The lowest BCUT2D eigenvalue weighted by molar-refractivity contribution is 0.0825. The van der Waals surface area contributed by atoms with Crippen molar-refractivity contribution in [3.8, 4) is 0 Å². The van der Waals surface area contributed by atoms with Crippen molar-refractivity contribution in [1.82, 2.24) is 14.9 Å². The summed E-state index contributed by atoms with van der Waals surface area (Å²) in [7, 11) is 3.41. The summed E-state index contributed by atoms with van der Waals surface area (Å²) in [5.41, 5.74) is 8.52. The van der Waals surface area contributed by atoms with Gasteiger partial charge in [-0.3, -0.25) is 4.79 Å². The first-order valence-corrected chi connectivity index (χ1v) is 7.36. The molecule has 0 saturated heterocycles. The summed E-state index contributed by atoms with van der Waals surface area (Å²) in [6, 6.07) is 7.64. The number of nitrogens with zero attached hydrogens (tertiary/aromatic N) is 3. The third kappa shape index (κ3) is 3.54. The number of amides is 1. The Hall–Kier alpha value is -2.14. The zero-order valence-corrected chi connectivity index (χ0v) is 13.7. The largest absolute Gasteiger partial charge is 0.368 e. The van der Waals surface area contributed by atoms with Crippen LogP contribution in [0, 0.1) is 6.92 Å². The molecule has 0 spiro atoms. The van der Waals surface area contributed by atoms with Gasteiger partial charge in [0.25, 0.3) is 5.91 Å². The summed E-state index contributed by atoms with van der Waals surface area (Å²) in [4.78, 5) is 22.2. The Morgan fingerprint density at radius 2 is 1.91 bits per heavy atom. The molecule has 2 N–H and O–H groups in total. The summed E-state index contributed by atoms with van der Waals surface area (Å²) < 4.78 is 0. The molecule has 1 aromatic heterocycles. The molecule has 5 nitrogen and oxygen atoms in total. The highest BCUT2D eigenvalue weighted by Gasteiger charge is 2.19. The Bertz CT molecular complexity index is 701. The number of nitrogen functional groups attached to an aromatic ring is 1. The van der Waals surface area contributed by atoms with E-state index in [4.69, 9.17) is 17.3 Å². The highest BCUT2D eigenvalue weighted by molar-refractivity contribution is 6.31. The van der Waals surface area contributed by atoms with Crippen LogP contribution in [0.3, 0.4) is 0 Å². The number of aryl methyl sites for hydroxylation is 3. The maximum atomic E-state index is 12.4. The second-order valence-electron chi connectivity index (χ2n) is 5.28. The van der Waals surface area contributed by atoms with Crippen LogP contribution in [0.2, 0.25) is 5.02 Å². The number of hydrogen-bond donors (Lipinski definition) is 1. The van der Waals surface area contributed by atoms with Gasteiger partial charge >= 0.3 is 0 Å². The monoisotopic (exact) mass is 318 g/mol. The number of benzene rings is 1. The van der Waals surface area contributed by atoms with Gasteiger partial charge in [-0.1, -0.05) is 29.8 Å². The molecule has 0 unspecified atom stereocenters. The van der Waals surface area contributed by atoms with Gasteiger partial charge in [-0.2, -0.15) is 0 Å². The van der Waals surface area contributed by atoms with Crippen LogP contribution in [0.1, 0.15) is 27.3 Å². The van der Waals surface area contributed by atoms with Crippen LogP contribution in [0.15, 0.2) is 24.3 Å². The van der Waals surface area contributed by atoms with Gasteiger partial charge in [-0.05, 0) is 31.4 Å². The normalized spacial score (nSPS) is 10.5. The molecule has 1 heterocycles. The van der Waals surface area contributed by atoms with E-state index >= 15 is 0 Å². The number of carbonyl (C=O) groups excluding carboxylic acids is 1.